The van der Waals surface area contributed by atoms with Crippen molar-refractivity contribution >= 4 is 35.1 Å². The van der Waals surface area contributed by atoms with Gasteiger partial charge in [0.2, 0.25) is 0 Å². The van der Waals surface area contributed by atoms with Gasteiger partial charge in [-0.1, -0.05) is 86.5 Å². The summed E-state index contributed by atoms with van der Waals surface area (Å²) in [7, 11) is 0. The number of benzene rings is 2. The monoisotopic (exact) mass is 579 g/mol. The predicted molar refractivity (Wildman–Crippen MR) is 166 cm³/mol. The third kappa shape index (κ3) is 10.3. The minimum Gasteiger partial charge on any atom is -0.388 e. The van der Waals surface area contributed by atoms with Crippen LogP contribution in [0.25, 0.3) is 0 Å². The summed E-state index contributed by atoms with van der Waals surface area (Å²) in [5.74, 6) is -0.0626. The van der Waals surface area contributed by atoms with E-state index in [1.54, 1.807) is 0 Å². The van der Waals surface area contributed by atoms with Gasteiger partial charge in [-0.25, -0.2) is 9.97 Å². The number of nitrogens with two attached hydrogens (primary N) is 3. The van der Waals surface area contributed by atoms with Gasteiger partial charge >= 0.3 is 0 Å². The number of anilines is 2. The highest BCUT2D eigenvalue weighted by Gasteiger charge is 2.19. The number of hydrogen-bond acceptors (Lipinski definition) is 7. The lowest BCUT2D eigenvalue weighted by Gasteiger charge is -2.22. The standard InChI is InChI=1S/C31H42ClN7O2/c1-20(19-21(2)26(40)24-12-4-3-5-13-24)9-8-11-23-16-14-22(15-17-23)10-6-7-18-36-31(35)39-30(41)25-28(33)38-29(34)27(32)37-25/h3-5,12-17,20-21,26,40H,6-11,18-19H2,1-2H3,(H4,33,34,38)(H3,35,36,39,41)/t20-,21-,26+/m1/s1. The number of hydrogen-bond donors (Lipinski definition) is 5. The van der Waals surface area contributed by atoms with Crippen molar-refractivity contribution in [3.05, 3.63) is 82.1 Å². The molecule has 0 bridgehead atoms. The van der Waals surface area contributed by atoms with Crippen molar-refractivity contribution in [2.45, 2.75) is 64.9 Å². The van der Waals surface area contributed by atoms with Crippen LogP contribution in [0.3, 0.4) is 0 Å². The Bertz CT molecular complexity index is 1290. The highest BCUT2D eigenvalue weighted by molar-refractivity contribution is 6.31. The van der Waals surface area contributed by atoms with Crippen molar-refractivity contribution in [3.63, 3.8) is 0 Å². The van der Waals surface area contributed by atoms with Crippen LogP contribution in [0.15, 0.2) is 59.6 Å². The van der Waals surface area contributed by atoms with Gasteiger partial charge in [0.25, 0.3) is 5.91 Å². The zero-order valence-corrected chi connectivity index (χ0v) is 24.6. The number of carbonyl (C=O) groups excluding carboxylic acids is 1. The summed E-state index contributed by atoms with van der Waals surface area (Å²) in [5, 5.41) is 13.0. The van der Waals surface area contributed by atoms with Crippen LogP contribution in [0.1, 0.15) is 79.2 Å². The molecule has 3 aromatic rings. The number of aliphatic hydroxyl groups excluding tert-OH is 1. The summed E-state index contributed by atoms with van der Waals surface area (Å²) in [5.41, 5.74) is 20.5. The van der Waals surface area contributed by atoms with Gasteiger partial charge in [-0.3, -0.25) is 15.1 Å². The second kappa shape index (κ2) is 15.9. The molecule has 1 heterocycles. The van der Waals surface area contributed by atoms with Crippen LogP contribution in [0, 0.1) is 11.8 Å². The Labute approximate surface area is 247 Å². The fourth-order valence-corrected chi connectivity index (χ4v) is 4.98. The Morgan fingerprint density at radius 1 is 0.951 bits per heavy atom. The molecule has 2 aromatic carbocycles. The molecule has 0 spiro atoms. The van der Waals surface area contributed by atoms with Crippen LogP contribution >= 0.6 is 11.6 Å². The molecule has 41 heavy (non-hydrogen) atoms. The molecular weight excluding hydrogens is 538 g/mol. The Balaban J connectivity index is 1.31. The maximum absolute atomic E-state index is 12.3. The molecule has 9 nitrogen and oxygen atoms in total. The Hall–Kier alpha value is -3.69. The third-order valence-electron chi connectivity index (χ3n) is 7.16. The number of aliphatic imine (C=N–C) groups is 1. The summed E-state index contributed by atoms with van der Waals surface area (Å²) in [4.78, 5) is 24.1. The minimum atomic E-state index is -0.649. The molecule has 0 unspecified atom stereocenters. The zero-order valence-electron chi connectivity index (χ0n) is 23.9. The highest BCUT2D eigenvalue weighted by Crippen LogP contribution is 2.28. The van der Waals surface area contributed by atoms with E-state index in [2.05, 4.69) is 58.4 Å². The minimum absolute atomic E-state index is 0.0235. The number of unbranched alkanes of at least 4 members (excludes halogenated alkanes) is 1. The van der Waals surface area contributed by atoms with Crippen molar-refractivity contribution in [3.8, 4) is 0 Å². The fraction of sp³-hybridized carbons (Fsp3) is 0.419. The average Bonchev–Trinajstić information content (AvgIpc) is 2.95. The first-order valence-corrected chi connectivity index (χ1v) is 14.5. The van der Waals surface area contributed by atoms with E-state index in [4.69, 9.17) is 28.8 Å². The van der Waals surface area contributed by atoms with Crippen LogP contribution in [-0.4, -0.2) is 33.5 Å². The number of nitrogens with one attached hydrogen (secondary N) is 1. The topological polar surface area (TPSA) is 166 Å². The van der Waals surface area contributed by atoms with Gasteiger partial charge < -0.3 is 22.3 Å². The van der Waals surface area contributed by atoms with E-state index in [0.29, 0.717) is 12.5 Å². The molecule has 3 rings (SSSR count). The van der Waals surface area contributed by atoms with Gasteiger partial charge in [-0.15, -0.1) is 0 Å². The van der Waals surface area contributed by atoms with Gasteiger partial charge in [0.05, 0.1) is 6.10 Å². The van der Waals surface area contributed by atoms with Crippen molar-refractivity contribution in [2.24, 2.45) is 22.6 Å². The number of aromatic nitrogens is 2. The Morgan fingerprint density at radius 2 is 1.59 bits per heavy atom. The van der Waals surface area contributed by atoms with E-state index in [9.17, 15) is 9.90 Å². The quantitative estimate of drug-likeness (QED) is 0.101. The molecule has 220 valence electrons. The van der Waals surface area contributed by atoms with E-state index in [1.807, 2.05) is 30.3 Å². The van der Waals surface area contributed by atoms with Crippen molar-refractivity contribution in [1.82, 2.24) is 15.3 Å². The van der Waals surface area contributed by atoms with Crippen molar-refractivity contribution in [1.29, 1.82) is 0 Å². The van der Waals surface area contributed by atoms with E-state index in [-0.39, 0.29) is 34.4 Å². The number of aryl methyl sites for hydroxylation is 2. The van der Waals surface area contributed by atoms with E-state index < -0.39 is 12.0 Å². The summed E-state index contributed by atoms with van der Waals surface area (Å²) in [6.45, 7) is 4.90. The zero-order chi connectivity index (χ0) is 29.8. The lowest BCUT2D eigenvalue weighted by Crippen LogP contribution is -2.38. The van der Waals surface area contributed by atoms with Crippen molar-refractivity contribution in [2.75, 3.05) is 18.0 Å². The second-order valence-electron chi connectivity index (χ2n) is 10.7. The lowest BCUT2D eigenvalue weighted by molar-refractivity contribution is 0.0972. The molecule has 0 saturated carbocycles. The van der Waals surface area contributed by atoms with Crippen LogP contribution in [0.2, 0.25) is 5.15 Å². The van der Waals surface area contributed by atoms with Crippen molar-refractivity contribution < 1.29 is 9.90 Å². The molecule has 0 aliphatic heterocycles. The number of nitrogens with zero attached hydrogens (tertiary/aromatic N) is 3. The molecule has 1 aromatic heterocycles. The largest absolute Gasteiger partial charge is 0.388 e. The van der Waals surface area contributed by atoms with Crippen LogP contribution < -0.4 is 22.5 Å². The van der Waals surface area contributed by atoms with E-state index in [0.717, 1.165) is 50.5 Å². The molecule has 0 radical (unpaired) electrons. The number of halogens is 1. The summed E-state index contributed by atoms with van der Waals surface area (Å²) >= 11 is 5.81. The summed E-state index contributed by atoms with van der Waals surface area (Å²) < 4.78 is 0. The first-order chi connectivity index (χ1) is 19.6. The predicted octanol–water partition coefficient (Wildman–Crippen LogP) is 5.08. The summed E-state index contributed by atoms with van der Waals surface area (Å²) in [6.07, 6.45) is 6.64. The average molecular weight is 580 g/mol. The van der Waals surface area contributed by atoms with Gasteiger partial charge in [0.1, 0.15) is 0 Å². The molecule has 0 saturated heterocycles. The molecule has 10 heteroatoms. The number of carbonyl (C=O) groups is 1. The number of aliphatic hydroxyl groups is 1. The van der Waals surface area contributed by atoms with Gasteiger partial charge in [0, 0.05) is 6.54 Å². The number of amides is 1. The van der Waals surface area contributed by atoms with Gasteiger partial charge in [-0.05, 0) is 67.1 Å². The number of nitrogen functional groups attached to an aromatic ring is 2. The smallest absolute Gasteiger partial charge is 0.280 e. The summed E-state index contributed by atoms with van der Waals surface area (Å²) in [6, 6.07) is 18.7. The lowest BCUT2D eigenvalue weighted by atomic mass is 9.87. The van der Waals surface area contributed by atoms with E-state index >= 15 is 0 Å². The molecular formula is C31H42ClN7O2. The normalized spacial score (nSPS) is 13.9. The molecule has 0 fully saturated rings. The molecule has 0 aliphatic rings. The second-order valence-corrected chi connectivity index (χ2v) is 11.1. The molecule has 8 N–H and O–H groups in total. The van der Waals surface area contributed by atoms with Gasteiger partial charge in [0.15, 0.2) is 28.4 Å². The molecule has 0 aliphatic carbocycles. The van der Waals surface area contributed by atoms with Crippen LogP contribution in [0.5, 0.6) is 0 Å². The Kier molecular flexibility index (Phi) is 12.4. The number of rotatable bonds is 14. The molecule has 1 amide bonds. The maximum atomic E-state index is 12.3. The highest BCUT2D eigenvalue weighted by atomic mass is 35.5. The van der Waals surface area contributed by atoms with Gasteiger partial charge in [-0.2, -0.15) is 0 Å². The SMILES string of the molecule is C[C@H](CCCc1ccc(CCCCN=C(N)NC(=O)c2nc(Cl)c(N)nc2N)cc1)C[C@@H](C)[C@H](O)c1ccccc1. The fourth-order valence-electron chi connectivity index (χ4n) is 4.85. The van der Waals surface area contributed by atoms with Crippen LogP contribution in [0.4, 0.5) is 11.6 Å². The molecule has 3 atom stereocenters. The Morgan fingerprint density at radius 3 is 2.24 bits per heavy atom. The third-order valence-corrected chi connectivity index (χ3v) is 7.43. The number of guanidine groups is 1. The maximum Gasteiger partial charge on any atom is 0.280 e. The first kappa shape index (κ1) is 31.8. The first-order valence-electron chi connectivity index (χ1n) is 14.1. The van der Waals surface area contributed by atoms with E-state index in [1.165, 1.54) is 11.1 Å². The van der Waals surface area contributed by atoms with Crippen LogP contribution in [-0.2, 0) is 12.8 Å².